The van der Waals surface area contributed by atoms with Gasteiger partial charge in [-0.15, -0.1) is 0 Å². The molecule has 26 heavy (non-hydrogen) atoms. The van der Waals surface area contributed by atoms with Gasteiger partial charge in [-0.2, -0.15) is 0 Å². The molecular weight excluding hydrogens is 342 g/mol. The smallest absolute Gasteiger partial charge is 0.414 e. The van der Waals surface area contributed by atoms with Crippen molar-refractivity contribution in [3.05, 3.63) is 29.3 Å². The largest absolute Gasteiger partial charge is 0.443 e. The summed E-state index contributed by atoms with van der Waals surface area (Å²) in [6.07, 6.45) is 1.49. The molecule has 1 aliphatic heterocycles. The zero-order chi connectivity index (χ0) is 19.8. The molecule has 0 saturated carbocycles. The molecule has 0 atom stereocenters. The molecule has 0 aliphatic carbocycles. The third-order valence-electron chi connectivity index (χ3n) is 5.32. The summed E-state index contributed by atoms with van der Waals surface area (Å²) in [7, 11) is -1.72. The summed E-state index contributed by atoms with van der Waals surface area (Å²) < 4.78 is 11.8. The normalized spacial score (nSPS) is 15.2. The minimum atomic E-state index is -1.72. The van der Waals surface area contributed by atoms with Crippen LogP contribution in [0.1, 0.15) is 52.7 Å². The van der Waals surface area contributed by atoms with E-state index in [2.05, 4.69) is 52.1 Å². The summed E-state index contributed by atoms with van der Waals surface area (Å²) in [6, 6.07) is 6.43. The van der Waals surface area contributed by atoms with Crippen LogP contribution in [0.2, 0.25) is 18.1 Å². The van der Waals surface area contributed by atoms with Crippen molar-refractivity contribution in [2.45, 2.75) is 78.1 Å². The Morgan fingerprint density at radius 1 is 1.15 bits per heavy atom. The van der Waals surface area contributed by atoms with E-state index in [9.17, 15) is 4.79 Å². The highest BCUT2D eigenvalue weighted by molar-refractivity contribution is 6.74. The lowest BCUT2D eigenvalue weighted by Gasteiger charge is -2.36. The summed E-state index contributed by atoms with van der Waals surface area (Å²) in [6.45, 7) is 18.4. The van der Waals surface area contributed by atoms with Crippen LogP contribution in [0.3, 0.4) is 0 Å². The van der Waals surface area contributed by atoms with Crippen LogP contribution in [0.5, 0.6) is 0 Å². The molecule has 0 unspecified atom stereocenters. The monoisotopic (exact) mass is 377 g/mol. The molecule has 0 bridgehead atoms. The van der Waals surface area contributed by atoms with E-state index in [1.54, 1.807) is 4.90 Å². The van der Waals surface area contributed by atoms with E-state index in [1.807, 2.05) is 20.8 Å². The van der Waals surface area contributed by atoms with Crippen molar-refractivity contribution in [3.63, 3.8) is 0 Å². The number of hydrogen-bond donors (Lipinski definition) is 0. The van der Waals surface area contributed by atoms with E-state index >= 15 is 0 Å². The fraction of sp³-hybridized carbons (Fsp3) is 0.667. The van der Waals surface area contributed by atoms with Crippen LogP contribution in [0.25, 0.3) is 0 Å². The van der Waals surface area contributed by atoms with E-state index in [1.165, 1.54) is 11.1 Å². The fourth-order valence-electron chi connectivity index (χ4n) is 2.73. The second-order valence-corrected chi connectivity index (χ2v) is 14.5. The average molecular weight is 378 g/mol. The Bertz CT molecular complexity index is 656. The van der Waals surface area contributed by atoms with Crippen LogP contribution in [-0.2, 0) is 22.0 Å². The van der Waals surface area contributed by atoms with E-state index in [4.69, 9.17) is 9.16 Å². The molecule has 0 N–H and O–H groups in total. The SMILES string of the molecule is CC(C)(C)OC(=O)N1CCc2ccc(CCO[Si](C)(C)C(C)(C)C)cc21. The maximum absolute atomic E-state index is 12.5. The molecule has 0 fully saturated rings. The molecule has 5 heteroatoms. The number of ether oxygens (including phenoxy) is 1. The zero-order valence-corrected chi connectivity index (χ0v) is 18.7. The zero-order valence-electron chi connectivity index (χ0n) is 17.7. The van der Waals surface area contributed by atoms with Gasteiger partial charge in [-0.05, 0) is 68.9 Å². The molecule has 2 rings (SSSR count). The van der Waals surface area contributed by atoms with Gasteiger partial charge in [-0.25, -0.2) is 4.79 Å². The number of carbonyl (C=O) groups excluding carboxylic acids is 1. The predicted molar refractivity (Wildman–Crippen MR) is 111 cm³/mol. The Morgan fingerprint density at radius 3 is 2.38 bits per heavy atom. The molecule has 146 valence electrons. The van der Waals surface area contributed by atoms with Crippen molar-refractivity contribution >= 4 is 20.1 Å². The van der Waals surface area contributed by atoms with Gasteiger partial charge >= 0.3 is 6.09 Å². The molecule has 1 amide bonds. The average Bonchev–Trinajstić information content (AvgIpc) is 2.87. The minimum Gasteiger partial charge on any atom is -0.443 e. The summed E-state index contributed by atoms with van der Waals surface area (Å²) in [4.78, 5) is 14.2. The molecule has 0 aromatic heterocycles. The molecule has 1 aromatic rings. The van der Waals surface area contributed by atoms with Crippen molar-refractivity contribution in [1.82, 2.24) is 0 Å². The molecule has 0 spiro atoms. The third-order valence-corrected chi connectivity index (χ3v) is 9.86. The van der Waals surface area contributed by atoms with Crippen molar-refractivity contribution < 1.29 is 14.0 Å². The lowest BCUT2D eigenvalue weighted by atomic mass is 10.1. The lowest BCUT2D eigenvalue weighted by molar-refractivity contribution is 0.0584. The van der Waals surface area contributed by atoms with Crippen LogP contribution in [0, 0.1) is 0 Å². The molecule has 1 aromatic carbocycles. The maximum atomic E-state index is 12.5. The maximum Gasteiger partial charge on any atom is 0.414 e. The number of carbonyl (C=O) groups is 1. The van der Waals surface area contributed by atoms with Gasteiger partial charge in [0.1, 0.15) is 5.60 Å². The highest BCUT2D eigenvalue weighted by Gasteiger charge is 2.37. The standard InChI is InChI=1S/C21H35NO3Si/c1-20(2,3)25-19(23)22-13-11-17-10-9-16(15-18(17)22)12-14-24-26(7,8)21(4,5)6/h9-10,15H,11-14H2,1-8H3. The molecular formula is C21H35NO3Si. The first-order valence-electron chi connectivity index (χ1n) is 9.56. The number of anilines is 1. The highest BCUT2D eigenvalue weighted by Crippen LogP contribution is 2.36. The first kappa shape index (κ1) is 21.0. The Kier molecular flexibility index (Phi) is 5.93. The molecule has 0 saturated heterocycles. The topological polar surface area (TPSA) is 38.8 Å². The van der Waals surface area contributed by atoms with Crippen LogP contribution >= 0.6 is 0 Å². The van der Waals surface area contributed by atoms with Gasteiger partial charge in [0, 0.05) is 13.2 Å². The van der Waals surface area contributed by atoms with Crippen LogP contribution < -0.4 is 4.90 Å². The van der Waals surface area contributed by atoms with E-state index in [-0.39, 0.29) is 11.1 Å². The number of hydrogen-bond acceptors (Lipinski definition) is 3. The summed E-state index contributed by atoms with van der Waals surface area (Å²) in [5.41, 5.74) is 2.93. The predicted octanol–water partition coefficient (Wildman–Crippen LogP) is 5.55. The van der Waals surface area contributed by atoms with Gasteiger partial charge < -0.3 is 9.16 Å². The van der Waals surface area contributed by atoms with Gasteiger partial charge in [0.05, 0.1) is 5.69 Å². The van der Waals surface area contributed by atoms with Crippen LogP contribution in [-0.4, -0.2) is 33.2 Å². The number of rotatable bonds is 4. The minimum absolute atomic E-state index is 0.221. The first-order chi connectivity index (χ1) is 11.8. The van der Waals surface area contributed by atoms with Gasteiger partial charge in [0.15, 0.2) is 8.32 Å². The van der Waals surface area contributed by atoms with Crippen molar-refractivity contribution in [2.75, 3.05) is 18.1 Å². The van der Waals surface area contributed by atoms with Gasteiger partial charge in [-0.3, -0.25) is 4.90 Å². The summed E-state index contributed by atoms with van der Waals surface area (Å²) in [5, 5.41) is 0.221. The van der Waals surface area contributed by atoms with Crippen LogP contribution in [0.4, 0.5) is 10.5 Å². The number of nitrogens with zero attached hydrogens (tertiary/aromatic N) is 1. The van der Waals surface area contributed by atoms with Crippen molar-refractivity contribution in [3.8, 4) is 0 Å². The van der Waals surface area contributed by atoms with Crippen LogP contribution in [0.15, 0.2) is 18.2 Å². The Hall–Kier alpha value is -1.33. The second kappa shape index (κ2) is 7.35. The van der Waals surface area contributed by atoms with Gasteiger partial charge in [0.25, 0.3) is 0 Å². The molecule has 0 radical (unpaired) electrons. The van der Waals surface area contributed by atoms with Gasteiger partial charge in [-0.1, -0.05) is 32.9 Å². The highest BCUT2D eigenvalue weighted by atomic mass is 28.4. The Morgan fingerprint density at radius 2 is 1.81 bits per heavy atom. The Balaban J connectivity index is 2.04. The molecule has 1 heterocycles. The summed E-state index contributed by atoms with van der Waals surface area (Å²) >= 11 is 0. The van der Waals surface area contributed by atoms with E-state index in [0.717, 1.165) is 25.1 Å². The number of fused-ring (bicyclic) bond motifs is 1. The fourth-order valence-corrected chi connectivity index (χ4v) is 3.77. The molecule has 4 nitrogen and oxygen atoms in total. The van der Waals surface area contributed by atoms with Crippen molar-refractivity contribution in [2.24, 2.45) is 0 Å². The second-order valence-electron chi connectivity index (χ2n) is 9.70. The van der Waals surface area contributed by atoms with E-state index < -0.39 is 13.9 Å². The van der Waals surface area contributed by atoms with E-state index in [0.29, 0.717) is 6.54 Å². The van der Waals surface area contributed by atoms with Gasteiger partial charge in [0.2, 0.25) is 0 Å². The number of amides is 1. The first-order valence-corrected chi connectivity index (χ1v) is 12.5. The van der Waals surface area contributed by atoms with Crippen molar-refractivity contribution in [1.29, 1.82) is 0 Å². The number of benzene rings is 1. The quantitative estimate of drug-likeness (QED) is 0.646. The third kappa shape index (κ3) is 5.10. The molecule has 1 aliphatic rings. The summed E-state index contributed by atoms with van der Waals surface area (Å²) in [5.74, 6) is 0. The Labute approximate surface area is 160 Å². The lowest BCUT2D eigenvalue weighted by Crippen LogP contribution is -2.41.